The first-order chi connectivity index (χ1) is 12.2. The van der Waals surface area contributed by atoms with Crippen LogP contribution in [0.3, 0.4) is 0 Å². The second kappa shape index (κ2) is 5.59. The SMILES string of the molecule is CN1CCN(c2cnn(C3CN(Cc4nccn4C4CC4)C3)c2)C1=O. The molecule has 0 N–H and O–H groups in total. The quantitative estimate of drug-likeness (QED) is 0.823. The first-order valence-electron chi connectivity index (χ1n) is 9.00. The standard InChI is InChI=1S/C17H23N7O/c1-20-6-7-23(17(20)25)14-8-19-24(11-14)15-9-21(10-15)12-16-18-4-5-22(16)13-2-3-13/h4-5,8,11,13,15H,2-3,6-7,9-10,12H2,1H3. The van der Waals surface area contributed by atoms with Gasteiger partial charge in [-0.3, -0.25) is 14.5 Å². The molecule has 5 rings (SSSR count). The maximum Gasteiger partial charge on any atom is 0.324 e. The molecule has 2 aromatic heterocycles. The van der Waals surface area contributed by atoms with Crippen molar-refractivity contribution in [3.63, 3.8) is 0 Å². The highest BCUT2D eigenvalue weighted by atomic mass is 16.2. The summed E-state index contributed by atoms with van der Waals surface area (Å²) in [5.41, 5.74) is 0.900. The van der Waals surface area contributed by atoms with E-state index in [9.17, 15) is 4.79 Å². The Balaban J connectivity index is 1.20. The number of carbonyl (C=O) groups is 1. The molecule has 8 heteroatoms. The lowest BCUT2D eigenvalue weighted by Gasteiger charge is -2.39. The Morgan fingerprint density at radius 2 is 2.04 bits per heavy atom. The maximum absolute atomic E-state index is 12.1. The number of urea groups is 1. The van der Waals surface area contributed by atoms with Crippen LogP contribution in [-0.2, 0) is 6.54 Å². The van der Waals surface area contributed by atoms with Gasteiger partial charge < -0.3 is 9.47 Å². The number of likely N-dealkylation sites (N-methyl/N-ethyl adjacent to an activating group) is 1. The van der Waals surface area contributed by atoms with Gasteiger partial charge in [0.1, 0.15) is 5.82 Å². The molecule has 8 nitrogen and oxygen atoms in total. The van der Waals surface area contributed by atoms with Gasteiger partial charge in [0.2, 0.25) is 0 Å². The van der Waals surface area contributed by atoms with Crippen LogP contribution in [0.1, 0.15) is 30.7 Å². The molecule has 25 heavy (non-hydrogen) atoms. The topological polar surface area (TPSA) is 62.4 Å². The largest absolute Gasteiger partial charge is 0.331 e. The van der Waals surface area contributed by atoms with Gasteiger partial charge in [-0.05, 0) is 12.8 Å². The Labute approximate surface area is 146 Å². The van der Waals surface area contributed by atoms with E-state index in [1.165, 1.54) is 18.7 Å². The van der Waals surface area contributed by atoms with E-state index in [1.54, 1.807) is 16.0 Å². The van der Waals surface area contributed by atoms with Crippen molar-refractivity contribution in [2.45, 2.75) is 31.5 Å². The van der Waals surface area contributed by atoms with Crippen molar-refractivity contribution in [1.29, 1.82) is 0 Å². The molecule has 1 aliphatic carbocycles. The molecule has 0 bridgehead atoms. The van der Waals surface area contributed by atoms with Gasteiger partial charge in [0.05, 0.1) is 24.5 Å². The van der Waals surface area contributed by atoms with Gasteiger partial charge in [0.15, 0.2) is 0 Å². The summed E-state index contributed by atoms with van der Waals surface area (Å²) in [5, 5.41) is 4.49. The summed E-state index contributed by atoms with van der Waals surface area (Å²) in [6.45, 7) is 4.37. The molecular weight excluding hydrogens is 318 g/mol. The van der Waals surface area contributed by atoms with Crippen molar-refractivity contribution >= 4 is 11.7 Å². The van der Waals surface area contributed by atoms with E-state index in [4.69, 9.17) is 0 Å². The lowest BCUT2D eigenvalue weighted by molar-refractivity contribution is 0.0868. The van der Waals surface area contributed by atoms with Gasteiger partial charge in [-0.25, -0.2) is 9.78 Å². The van der Waals surface area contributed by atoms with Crippen molar-refractivity contribution in [3.8, 4) is 0 Å². The zero-order valence-electron chi connectivity index (χ0n) is 14.5. The number of anilines is 1. The van der Waals surface area contributed by atoms with Gasteiger partial charge in [-0.15, -0.1) is 0 Å². The summed E-state index contributed by atoms with van der Waals surface area (Å²) in [6.07, 6.45) is 10.4. The average molecular weight is 341 g/mol. The van der Waals surface area contributed by atoms with Crippen molar-refractivity contribution in [2.75, 3.05) is 38.1 Å². The fraction of sp³-hybridized carbons (Fsp3) is 0.588. The highest BCUT2D eigenvalue weighted by Crippen LogP contribution is 2.36. The zero-order chi connectivity index (χ0) is 17.0. The Morgan fingerprint density at radius 3 is 2.76 bits per heavy atom. The second-order valence-corrected chi connectivity index (χ2v) is 7.36. The molecule has 3 aliphatic rings. The van der Waals surface area contributed by atoms with Crippen LogP contribution in [0.2, 0.25) is 0 Å². The molecule has 4 heterocycles. The first kappa shape index (κ1) is 14.9. The molecule has 0 radical (unpaired) electrons. The van der Waals surface area contributed by atoms with Gasteiger partial charge in [0.25, 0.3) is 0 Å². The van der Waals surface area contributed by atoms with Crippen LogP contribution in [-0.4, -0.2) is 68.4 Å². The number of aromatic nitrogens is 4. The third-order valence-corrected chi connectivity index (χ3v) is 5.48. The molecule has 2 aliphatic heterocycles. The van der Waals surface area contributed by atoms with Gasteiger partial charge in [-0.2, -0.15) is 5.10 Å². The van der Waals surface area contributed by atoms with Crippen molar-refractivity contribution in [2.24, 2.45) is 0 Å². The Morgan fingerprint density at radius 1 is 1.20 bits per heavy atom. The third kappa shape index (κ3) is 2.60. The molecule has 2 saturated heterocycles. The monoisotopic (exact) mass is 341 g/mol. The number of hydrogen-bond donors (Lipinski definition) is 0. The fourth-order valence-corrected chi connectivity index (χ4v) is 3.74. The van der Waals surface area contributed by atoms with E-state index >= 15 is 0 Å². The first-order valence-corrected chi connectivity index (χ1v) is 9.00. The number of rotatable bonds is 5. The van der Waals surface area contributed by atoms with Gasteiger partial charge in [-0.1, -0.05) is 0 Å². The summed E-state index contributed by atoms with van der Waals surface area (Å²) in [5.74, 6) is 1.17. The number of amides is 2. The van der Waals surface area contributed by atoms with Crippen molar-refractivity contribution < 1.29 is 4.79 Å². The average Bonchev–Trinajstić information content (AvgIpc) is 2.97. The zero-order valence-corrected chi connectivity index (χ0v) is 14.5. The third-order valence-electron chi connectivity index (χ3n) is 5.48. The highest BCUT2D eigenvalue weighted by molar-refractivity contribution is 5.93. The van der Waals surface area contributed by atoms with E-state index in [1.807, 2.05) is 24.1 Å². The molecule has 132 valence electrons. The van der Waals surface area contributed by atoms with E-state index in [0.717, 1.165) is 38.4 Å². The van der Waals surface area contributed by atoms with Gasteiger partial charge >= 0.3 is 6.03 Å². The molecule has 0 unspecified atom stereocenters. The Kier molecular flexibility index (Phi) is 3.34. The number of imidazole rings is 1. The summed E-state index contributed by atoms with van der Waals surface area (Å²) >= 11 is 0. The number of nitrogens with zero attached hydrogens (tertiary/aromatic N) is 7. The fourth-order valence-electron chi connectivity index (χ4n) is 3.74. The van der Waals surface area contributed by atoms with E-state index in [-0.39, 0.29) is 6.03 Å². The number of hydrogen-bond acceptors (Lipinski definition) is 4. The Hall–Kier alpha value is -2.35. The van der Waals surface area contributed by atoms with Crippen LogP contribution in [0, 0.1) is 0 Å². The predicted octanol–water partition coefficient (Wildman–Crippen LogP) is 1.34. The van der Waals surface area contributed by atoms with E-state index < -0.39 is 0 Å². The summed E-state index contributed by atoms with van der Waals surface area (Å²) in [6, 6.07) is 1.12. The van der Waals surface area contributed by atoms with Crippen molar-refractivity contribution in [1.82, 2.24) is 29.1 Å². The minimum absolute atomic E-state index is 0.0571. The van der Waals surface area contributed by atoms with Gasteiger partial charge in [0, 0.05) is 57.9 Å². The maximum atomic E-state index is 12.1. The molecule has 2 amide bonds. The van der Waals surface area contributed by atoms with Crippen LogP contribution in [0.5, 0.6) is 0 Å². The number of likely N-dealkylation sites (tertiary alicyclic amines) is 1. The van der Waals surface area contributed by atoms with Crippen LogP contribution < -0.4 is 4.90 Å². The second-order valence-electron chi connectivity index (χ2n) is 7.36. The predicted molar refractivity (Wildman–Crippen MR) is 92.4 cm³/mol. The molecular formula is C17H23N7O. The Bertz CT molecular complexity index is 787. The summed E-state index contributed by atoms with van der Waals surface area (Å²) in [7, 11) is 1.84. The minimum Gasteiger partial charge on any atom is -0.331 e. The van der Waals surface area contributed by atoms with Crippen LogP contribution in [0.15, 0.2) is 24.8 Å². The summed E-state index contributed by atoms with van der Waals surface area (Å²) < 4.78 is 4.33. The molecule has 2 aromatic rings. The van der Waals surface area contributed by atoms with Crippen LogP contribution >= 0.6 is 0 Å². The molecule has 0 spiro atoms. The molecule has 0 aromatic carbocycles. The normalized spacial score (nSPS) is 22.0. The van der Waals surface area contributed by atoms with E-state index in [2.05, 4.69) is 25.7 Å². The van der Waals surface area contributed by atoms with Crippen molar-refractivity contribution in [3.05, 3.63) is 30.6 Å². The van der Waals surface area contributed by atoms with Crippen LogP contribution in [0.25, 0.3) is 0 Å². The number of carbonyl (C=O) groups excluding carboxylic acids is 1. The summed E-state index contributed by atoms with van der Waals surface area (Å²) in [4.78, 5) is 22.5. The molecule has 3 fully saturated rings. The lowest BCUT2D eigenvalue weighted by atomic mass is 10.1. The molecule has 0 atom stereocenters. The lowest BCUT2D eigenvalue weighted by Crippen LogP contribution is -2.47. The van der Waals surface area contributed by atoms with E-state index in [0.29, 0.717) is 12.1 Å². The van der Waals surface area contributed by atoms with Crippen LogP contribution in [0.4, 0.5) is 10.5 Å². The minimum atomic E-state index is 0.0571. The highest BCUT2D eigenvalue weighted by Gasteiger charge is 2.33. The molecule has 1 saturated carbocycles. The smallest absolute Gasteiger partial charge is 0.324 e.